The topological polar surface area (TPSA) is 82.3 Å². The van der Waals surface area contributed by atoms with Gasteiger partial charge in [-0.15, -0.1) is 0 Å². The highest BCUT2D eigenvalue weighted by molar-refractivity contribution is 5.77. The van der Waals surface area contributed by atoms with Gasteiger partial charge in [-0.25, -0.2) is 15.0 Å². The number of aromatic nitrogens is 2. The zero-order valence-corrected chi connectivity index (χ0v) is 14.2. The van der Waals surface area contributed by atoms with E-state index >= 15 is 0 Å². The summed E-state index contributed by atoms with van der Waals surface area (Å²) in [7, 11) is 3.74. The molecule has 0 fully saturated rings. The van der Waals surface area contributed by atoms with E-state index < -0.39 is 0 Å². The minimum absolute atomic E-state index is 0.438. The van der Waals surface area contributed by atoms with Crippen molar-refractivity contribution < 1.29 is 0 Å². The van der Waals surface area contributed by atoms with Crippen LogP contribution in [0.15, 0.2) is 67.0 Å². The molecular weight excluding hydrogens is 314 g/mol. The van der Waals surface area contributed by atoms with Crippen molar-refractivity contribution in [1.82, 2.24) is 15.0 Å². The number of anilines is 5. The molecular formula is C18H21N7. The lowest BCUT2D eigenvalue weighted by atomic mass is 10.2. The number of nitrogen functional groups attached to an aromatic ring is 1. The highest BCUT2D eigenvalue weighted by Gasteiger charge is 2.14. The molecule has 0 radical (unpaired) electrons. The predicted molar refractivity (Wildman–Crippen MR) is 102 cm³/mol. The van der Waals surface area contributed by atoms with Gasteiger partial charge in [-0.3, -0.25) is 10.4 Å². The average Bonchev–Trinajstić information content (AvgIpc) is 2.63. The standard InChI is InChI=1S/C18H21N7/c1-24(2)22-17-16(19)18(21-13-20-17)23-25(14-9-5-3-6-10-14)15-11-7-4-8-12-15/h3-13H,19H2,1-2H3,(H2,20,21,22,23). The molecule has 3 rings (SSSR count). The van der Waals surface area contributed by atoms with Crippen molar-refractivity contribution in [3.8, 4) is 0 Å². The molecule has 0 aliphatic carbocycles. The Kier molecular flexibility index (Phi) is 4.96. The maximum Gasteiger partial charge on any atom is 0.173 e. The first-order valence-electron chi connectivity index (χ1n) is 7.86. The summed E-state index contributed by atoms with van der Waals surface area (Å²) in [5.74, 6) is 1.07. The van der Waals surface area contributed by atoms with Crippen LogP contribution in [0.25, 0.3) is 0 Å². The highest BCUT2D eigenvalue weighted by Crippen LogP contribution is 2.29. The van der Waals surface area contributed by atoms with Gasteiger partial charge in [0.1, 0.15) is 12.0 Å². The number of nitrogens with one attached hydrogen (secondary N) is 2. The summed E-state index contributed by atoms with van der Waals surface area (Å²) in [5.41, 5.74) is 15.0. The van der Waals surface area contributed by atoms with Crippen LogP contribution in [0.4, 0.5) is 28.7 Å². The van der Waals surface area contributed by atoms with Crippen molar-refractivity contribution in [3.63, 3.8) is 0 Å². The molecule has 0 aliphatic rings. The van der Waals surface area contributed by atoms with Crippen LogP contribution in [0, 0.1) is 0 Å². The Morgan fingerprint density at radius 3 is 1.72 bits per heavy atom. The minimum atomic E-state index is 0.438. The Hall–Kier alpha value is -3.32. The summed E-state index contributed by atoms with van der Waals surface area (Å²) >= 11 is 0. The van der Waals surface area contributed by atoms with E-state index in [-0.39, 0.29) is 0 Å². The van der Waals surface area contributed by atoms with Gasteiger partial charge in [0.05, 0.1) is 11.4 Å². The van der Waals surface area contributed by atoms with Gasteiger partial charge < -0.3 is 11.2 Å². The van der Waals surface area contributed by atoms with Crippen LogP contribution in [-0.4, -0.2) is 29.1 Å². The van der Waals surface area contributed by atoms with E-state index in [1.807, 2.05) is 79.8 Å². The van der Waals surface area contributed by atoms with Crippen molar-refractivity contribution in [2.24, 2.45) is 0 Å². The summed E-state index contributed by atoms with van der Waals surface area (Å²) < 4.78 is 0. The number of hydrogen-bond donors (Lipinski definition) is 3. The normalized spacial score (nSPS) is 10.5. The summed E-state index contributed by atoms with van der Waals surface area (Å²) in [6.45, 7) is 0. The Bertz CT molecular complexity index is 767. The average molecular weight is 335 g/mol. The molecule has 0 amide bonds. The zero-order chi connectivity index (χ0) is 17.6. The van der Waals surface area contributed by atoms with E-state index in [0.717, 1.165) is 11.4 Å². The maximum absolute atomic E-state index is 6.23. The second-order valence-corrected chi connectivity index (χ2v) is 5.61. The van der Waals surface area contributed by atoms with Crippen molar-refractivity contribution in [2.75, 3.05) is 35.7 Å². The van der Waals surface area contributed by atoms with Crippen LogP contribution in [0.3, 0.4) is 0 Å². The van der Waals surface area contributed by atoms with Crippen LogP contribution in [-0.2, 0) is 0 Å². The van der Waals surface area contributed by atoms with Crippen LogP contribution in [0.1, 0.15) is 0 Å². The first kappa shape index (κ1) is 16.5. The SMILES string of the molecule is CN(C)Nc1ncnc(NN(c2ccccc2)c2ccccc2)c1N. The third-order valence-corrected chi connectivity index (χ3v) is 3.46. The second-order valence-electron chi connectivity index (χ2n) is 5.61. The van der Waals surface area contributed by atoms with E-state index in [1.165, 1.54) is 6.33 Å². The Morgan fingerprint density at radius 2 is 1.24 bits per heavy atom. The minimum Gasteiger partial charge on any atom is -0.393 e. The number of benzene rings is 2. The monoisotopic (exact) mass is 335 g/mol. The molecule has 0 saturated heterocycles. The lowest BCUT2D eigenvalue weighted by molar-refractivity contribution is 0.492. The number of hydrazine groups is 2. The molecule has 0 spiro atoms. The number of para-hydroxylation sites is 2. The van der Waals surface area contributed by atoms with Gasteiger partial charge in [0.2, 0.25) is 0 Å². The zero-order valence-electron chi connectivity index (χ0n) is 14.2. The second kappa shape index (κ2) is 7.50. The third-order valence-electron chi connectivity index (χ3n) is 3.46. The van der Waals surface area contributed by atoms with Crippen molar-refractivity contribution >= 4 is 28.7 Å². The quantitative estimate of drug-likeness (QED) is 0.597. The summed E-state index contributed by atoms with van der Waals surface area (Å²) in [4.78, 5) is 8.47. The van der Waals surface area contributed by atoms with Gasteiger partial charge in [-0.1, -0.05) is 36.4 Å². The van der Waals surface area contributed by atoms with E-state index in [1.54, 1.807) is 5.01 Å². The molecule has 3 aromatic rings. The molecule has 4 N–H and O–H groups in total. The van der Waals surface area contributed by atoms with E-state index in [9.17, 15) is 0 Å². The van der Waals surface area contributed by atoms with Crippen LogP contribution in [0.2, 0.25) is 0 Å². The van der Waals surface area contributed by atoms with Crippen LogP contribution < -0.4 is 21.6 Å². The molecule has 0 aliphatic heterocycles. The number of nitrogens with two attached hydrogens (primary N) is 1. The number of hydrogen-bond acceptors (Lipinski definition) is 7. The molecule has 7 nitrogen and oxygen atoms in total. The highest BCUT2D eigenvalue weighted by atomic mass is 15.5. The molecule has 1 heterocycles. The largest absolute Gasteiger partial charge is 0.393 e. The Balaban J connectivity index is 1.97. The van der Waals surface area contributed by atoms with E-state index in [0.29, 0.717) is 17.3 Å². The molecule has 128 valence electrons. The van der Waals surface area contributed by atoms with Gasteiger partial charge >= 0.3 is 0 Å². The van der Waals surface area contributed by atoms with Crippen molar-refractivity contribution in [1.29, 1.82) is 0 Å². The van der Waals surface area contributed by atoms with Gasteiger partial charge in [-0.05, 0) is 24.3 Å². The van der Waals surface area contributed by atoms with E-state index in [4.69, 9.17) is 5.73 Å². The van der Waals surface area contributed by atoms with Gasteiger partial charge in [0.25, 0.3) is 0 Å². The van der Waals surface area contributed by atoms with Crippen molar-refractivity contribution in [3.05, 3.63) is 67.0 Å². The molecule has 25 heavy (non-hydrogen) atoms. The first-order valence-corrected chi connectivity index (χ1v) is 7.86. The van der Waals surface area contributed by atoms with E-state index in [2.05, 4.69) is 20.8 Å². The molecule has 7 heteroatoms. The summed E-state index contributed by atoms with van der Waals surface area (Å²) in [6.07, 6.45) is 1.47. The number of nitrogens with zero attached hydrogens (tertiary/aromatic N) is 4. The van der Waals surface area contributed by atoms with Crippen LogP contribution in [0.5, 0.6) is 0 Å². The molecule has 1 aromatic heterocycles. The Morgan fingerprint density at radius 1 is 0.760 bits per heavy atom. The predicted octanol–water partition coefficient (Wildman–Crippen LogP) is 3.11. The lowest BCUT2D eigenvalue weighted by Crippen LogP contribution is -2.27. The van der Waals surface area contributed by atoms with Gasteiger partial charge in [0.15, 0.2) is 11.6 Å². The fourth-order valence-electron chi connectivity index (χ4n) is 2.32. The third kappa shape index (κ3) is 3.96. The smallest absolute Gasteiger partial charge is 0.173 e. The fraction of sp³-hybridized carbons (Fsp3) is 0.111. The summed E-state index contributed by atoms with van der Waals surface area (Å²) in [6, 6.07) is 19.9. The van der Waals surface area contributed by atoms with Gasteiger partial charge in [-0.2, -0.15) is 0 Å². The molecule has 0 unspecified atom stereocenters. The molecule has 2 aromatic carbocycles. The summed E-state index contributed by atoms with van der Waals surface area (Å²) in [5, 5.41) is 3.70. The lowest BCUT2D eigenvalue weighted by Gasteiger charge is -2.27. The molecule has 0 atom stereocenters. The van der Waals surface area contributed by atoms with Crippen molar-refractivity contribution in [2.45, 2.75) is 0 Å². The first-order chi connectivity index (χ1) is 12.1. The molecule has 0 saturated carbocycles. The Labute approximate surface area is 147 Å². The molecule has 0 bridgehead atoms. The number of rotatable bonds is 6. The van der Waals surface area contributed by atoms with Gasteiger partial charge in [0, 0.05) is 14.1 Å². The fourth-order valence-corrected chi connectivity index (χ4v) is 2.32. The van der Waals surface area contributed by atoms with Crippen LogP contribution >= 0.6 is 0 Å². The maximum atomic E-state index is 6.23.